The number of nitrogens with one attached hydrogen (secondary N) is 1. The van der Waals surface area contributed by atoms with Crippen LogP contribution in [0.3, 0.4) is 0 Å². The van der Waals surface area contributed by atoms with Crippen molar-refractivity contribution in [2.24, 2.45) is 0 Å². The Morgan fingerprint density at radius 1 is 1.25 bits per heavy atom. The van der Waals surface area contributed by atoms with Gasteiger partial charge in [-0.2, -0.15) is 0 Å². The molecule has 0 saturated heterocycles. The van der Waals surface area contributed by atoms with Gasteiger partial charge in [-0.15, -0.1) is 0 Å². The minimum atomic E-state index is -0.456. The predicted molar refractivity (Wildman–Crippen MR) is 90.0 cm³/mol. The topological polar surface area (TPSA) is 51.5 Å². The van der Waals surface area contributed by atoms with Crippen LogP contribution in [0.1, 0.15) is 11.3 Å². The first-order valence-electron chi connectivity index (χ1n) is 7.42. The molecule has 0 spiro atoms. The van der Waals surface area contributed by atoms with Crippen molar-refractivity contribution < 1.29 is 18.3 Å². The Labute approximate surface area is 138 Å². The third-order valence-electron chi connectivity index (χ3n) is 3.53. The fourth-order valence-corrected chi connectivity index (χ4v) is 2.31. The number of benzene rings is 2. The molecule has 0 atom stereocenters. The van der Waals surface area contributed by atoms with Gasteiger partial charge in [0.05, 0.1) is 7.11 Å². The first-order chi connectivity index (χ1) is 11.7. The number of hydrogen-bond acceptors (Lipinski definition) is 3. The molecule has 24 heavy (non-hydrogen) atoms. The molecule has 4 nitrogen and oxygen atoms in total. The monoisotopic (exact) mass is 325 g/mol. The maximum atomic E-state index is 13.6. The molecule has 1 heterocycles. The summed E-state index contributed by atoms with van der Waals surface area (Å²) in [5.41, 5.74) is 1.42. The molecular formula is C19H16FNO3. The van der Waals surface area contributed by atoms with E-state index < -0.39 is 5.82 Å². The van der Waals surface area contributed by atoms with Gasteiger partial charge in [-0.25, -0.2) is 4.39 Å². The number of furan rings is 1. The largest absolute Gasteiger partial charge is 0.494 e. The van der Waals surface area contributed by atoms with E-state index in [1.807, 2.05) is 30.3 Å². The Kier molecular flexibility index (Phi) is 4.61. The fourth-order valence-electron chi connectivity index (χ4n) is 2.31. The fraction of sp³-hybridized carbons (Fsp3) is 0.105. The number of ether oxygens (including phenoxy) is 1. The molecule has 0 bridgehead atoms. The van der Waals surface area contributed by atoms with Crippen molar-refractivity contribution >= 4 is 23.0 Å². The summed E-state index contributed by atoms with van der Waals surface area (Å²) in [7, 11) is 1.41. The van der Waals surface area contributed by atoms with Crippen molar-refractivity contribution in [2.75, 3.05) is 7.11 Å². The third-order valence-corrected chi connectivity index (χ3v) is 3.53. The van der Waals surface area contributed by atoms with Gasteiger partial charge >= 0.3 is 0 Å². The van der Waals surface area contributed by atoms with Crippen molar-refractivity contribution in [2.45, 2.75) is 6.54 Å². The minimum absolute atomic E-state index is 0.176. The smallest absolute Gasteiger partial charge is 0.244 e. The van der Waals surface area contributed by atoms with E-state index in [1.54, 1.807) is 12.1 Å². The van der Waals surface area contributed by atoms with Crippen LogP contribution in [0.15, 0.2) is 59.0 Å². The number of hydrogen-bond donors (Lipinski definition) is 1. The molecule has 5 heteroatoms. The number of methoxy groups -OCH3 is 1. The van der Waals surface area contributed by atoms with Crippen molar-refractivity contribution in [3.05, 3.63) is 71.7 Å². The van der Waals surface area contributed by atoms with Crippen LogP contribution < -0.4 is 10.1 Å². The number of amides is 1. The average molecular weight is 325 g/mol. The molecule has 2 aromatic carbocycles. The zero-order valence-electron chi connectivity index (χ0n) is 13.1. The quantitative estimate of drug-likeness (QED) is 0.724. The molecule has 1 N–H and O–H groups in total. The van der Waals surface area contributed by atoms with Crippen LogP contribution in [0.5, 0.6) is 5.75 Å². The number of carbonyl (C=O) groups is 1. The molecule has 3 aromatic rings. The molecule has 122 valence electrons. The van der Waals surface area contributed by atoms with Crippen LogP contribution in [-0.2, 0) is 11.3 Å². The lowest BCUT2D eigenvalue weighted by Gasteiger charge is -2.05. The standard InChI is InChI=1S/C19H16FNO3/c1-23-18-8-6-13(10-16(18)20)12-21-19(22)9-7-15-11-14-4-2-3-5-17(14)24-15/h2-11H,12H2,1H3,(H,21,22)/b9-7+. The summed E-state index contributed by atoms with van der Waals surface area (Å²) in [4.78, 5) is 11.9. The average Bonchev–Trinajstić information content (AvgIpc) is 3.01. The summed E-state index contributed by atoms with van der Waals surface area (Å²) in [6.07, 6.45) is 2.99. The van der Waals surface area contributed by atoms with Crippen molar-refractivity contribution in [1.82, 2.24) is 5.32 Å². The van der Waals surface area contributed by atoms with Crippen LogP contribution in [0.2, 0.25) is 0 Å². The molecule has 0 aliphatic heterocycles. The van der Waals surface area contributed by atoms with E-state index in [2.05, 4.69) is 5.32 Å². The Morgan fingerprint density at radius 2 is 2.08 bits per heavy atom. The van der Waals surface area contributed by atoms with Gasteiger partial charge in [0.1, 0.15) is 11.3 Å². The Hall–Kier alpha value is -3.08. The van der Waals surface area contributed by atoms with Crippen LogP contribution in [0.4, 0.5) is 4.39 Å². The van der Waals surface area contributed by atoms with Crippen LogP contribution in [0.25, 0.3) is 17.0 Å². The summed E-state index contributed by atoms with van der Waals surface area (Å²) in [5.74, 6) is 0.0328. The second-order valence-electron chi connectivity index (χ2n) is 5.21. The molecule has 0 radical (unpaired) electrons. The Balaban J connectivity index is 1.60. The first kappa shape index (κ1) is 15.8. The molecule has 1 aromatic heterocycles. The van der Waals surface area contributed by atoms with E-state index in [9.17, 15) is 9.18 Å². The second-order valence-corrected chi connectivity index (χ2v) is 5.21. The maximum absolute atomic E-state index is 13.6. The molecule has 0 aliphatic carbocycles. The molecule has 0 fully saturated rings. The Bertz CT molecular complexity index is 866. The highest BCUT2D eigenvalue weighted by Gasteiger charge is 2.05. The number of rotatable bonds is 5. The van der Waals surface area contributed by atoms with Crippen molar-refractivity contribution in [1.29, 1.82) is 0 Å². The number of para-hydroxylation sites is 1. The second kappa shape index (κ2) is 7.00. The van der Waals surface area contributed by atoms with E-state index in [0.717, 1.165) is 11.0 Å². The molecular weight excluding hydrogens is 309 g/mol. The van der Waals surface area contributed by atoms with Gasteiger partial charge in [0.25, 0.3) is 0 Å². The zero-order chi connectivity index (χ0) is 16.9. The van der Waals surface area contributed by atoms with Gasteiger partial charge in [-0.3, -0.25) is 4.79 Å². The zero-order valence-corrected chi connectivity index (χ0v) is 13.1. The lowest BCUT2D eigenvalue weighted by molar-refractivity contribution is -0.116. The van der Waals surface area contributed by atoms with Crippen molar-refractivity contribution in [3.8, 4) is 5.75 Å². The SMILES string of the molecule is COc1ccc(CNC(=O)/C=C/c2cc3ccccc3o2)cc1F. The van der Waals surface area contributed by atoms with E-state index in [1.165, 1.54) is 25.3 Å². The van der Waals surface area contributed by atoms with E-state index in [4.69, 9.17) is 9.15 Å². The van der Waals surface area contributed by atoms with E-state index in [-0.39, 0.29) is 18.2 Å². The number of fused-ring (bicyclic) bond motifs is 1. The number of carbonyl (C=O) groups excluding carboxylic acids is 1. The molecule has 0 unspecified atom stereocenters. The lowest BCUT2D eigenvalue weighted by Crippen LogP contribution is -2.20. The minimum Gasteiger partial charge on any atom is -0.494 e. The molecule has 1 amide bonds. The molecule has 0 saturated carbocycles. The summed E-state index contributed by atoms with van der Waals surface area (Å²) in [6, 6.07) is 14.0. The van der Waals surface area contributed by atoms with Crippen LogP contribution >= 0.6 is 0 Å². The van der Waals surface area contributed by atoms with Gasteiger partial charge in [0.2, 0.25) is 5.91 Å². The first-order valence-corrected chi connectivity index (χ1v) is 7.42. The third kappa shape index (κ3) is 3.63. The highest BCUT2D eigenvalue weighted by Crippen LogP contribution is 2.20. The van der Waals surface area contributed by atoms with Gasteiger partial charge in [0.15, 0.2) is 11.6 Å². The highest BCUT2D eigenvalue weighted by atomic mass is 19.1. The molecule has 3 rings (SSSR count). The highest BCUT2D eigenvalue weighted by molar-refractivity contribution is 5.92. The van der Waals surface area contributed by atoms with Crippen LogP contribution in [-0.4, -0.2) is 13.0 Å². The van der Waals surface area contributed by atoms with Gasteiger partial charge in [-0.1, -0.05) is 24.3 Å². The van der Waals surface area contributed by atoms with Gasteiger partial charge in [-0.05, 0) is 35.9 Å². The van der Waals surface area contributed by atoms with Gasteiger partial charge < -0.3 is 14.5 Å². The normalized spacial score (nSPS) is 11.1. The maximum Gasteiger partial charge on any atom is 0.244 e. The molecule has 0 aliphatic rings. The summed E-state index contributed by atoms with van der Waals surface area (Å²) in [5, 5.41) is 3.67. The van der Waals surface area contributed by atoms with Gasteiger partial charge in [0, 0.05) is 18.0 Å². The predicted octanol–water partition coefficient (Wildman–Crippen LogP) is 3.91. The summed E-state index contributed by atoms with van der Waals surface area (Å²) in [6.45, 7) is 0.226. The van der Waals surface area contributed by atoms with Crippen LogP contribution in [0, 0.1) is 5.82 Å². The lowest BCUT2D eigenvalue weighted by atomic mass is 10.2. The van der Waals surface area contributed by atoms with E-state index in [0.29, 0.717) is 11.3 Å². The summed E-state index contributed by atoms with van der Waals surface area (Å²) < 4.78 is 24.0. The Morgan fingerprint density at radius 3 is 2.83 bits per heavy atom. The van der Waals surface area contributed by atoms with E-state index >= 15 is 0 Å². The van der Waals surface area contributed by atoms with Crippen molar-refractivity contribution in [3.63, 3.8) is 0 Å². The summed E-state index contributed by atoms with van der Waals surface area (Å²) >= 11 is 0. The number of halogens is 1.